The minimum absolute atomic E-state index is 1.07. The lowest BCUT2D eigenvalue weighted by molar-refractivity contribution is 1.43. The van der Waals surface area contributed by atoms with Crippen LogP contribution in [0.5, 0.6) is 0 Å². The molecule has 2 heteroatoms. The van der Waals surface area contributed by atoms with Gasteiger partial charge in [0.1, 0.15) is 0 Å². The van der Waals surface area contributed by atoms with Crippen molar-refractivity contribution in [2.24, 2.45) is 0 Å². The molecule has 0 bridgehead atoms. The molecule has 2 heterocycles. The molecule has 0 saturated carbocycles. The smallest absolute Gasteiger partial charge is 0.0894 e. The molecule has 0 aliphatic carbocycles. The molecule has 0 aliphatic rings. The predicted molar refractivity (Wildman–Crippen MR) is 56.0 cm³/mol. The van der Waals surface area contributed by atoms with Gasteiger partial charge in [0.25, 0.3) is 0 Å². The summed E-state index contributed by atoms with van der Waals surface area (Å²) in [4.78, 5) is 4.35. The molecular formula is C11H6NS. The molecule has 1 nitrogen and oxygen atoms in total. The fraction of sp³-hybridized carbons (Fsp3) is 0. The van der Waals surface area contributed by atoms with Gasteiger partial charge in [0.15, 0.2) is 0 Å². The van der Waals surface area contributed by atoms with E-state index in [4.69, 9.17) is 0 Å². The van der Waals surface area contributed by atoms with Crippen LogP contribution in [0.1, 0.15) is 0 Å². The highest BCUT2D eigenvalue weighted by molar-refractivity contribution is 7.25. The number of aromatic nitrogens is 1. The van der Waals surface area contributed by atoms with Crippen molar-refractivity contribution in [1.29, 1.82) is 0 Å². The summed E-state index contributed by atoms with van der Waals surface area (Å²) in [6, 6.07) is 13.4. The lowest BCUT2D eigenvalue weighted by Gasteiger charge is -1.87. The highest BCUT2D eigenvalue weighted by Crippen LogP contribution is 2.31. The van der Waals surface area contributed by atoms with Crippen LogP contribution in [0.15, 0.2) is 36.5 Å². The molecule has 61 valence electrons. The van der Waals surface area contributed by atoms with Gasteiger partial charge < -0.3 is 0 Å². The molecule has 0 aliphatic heterocycles. The van der Waals surface area contributed by atoms with E-state index in [0.717, 1.165) is 10.2 Å². The topological polar surface area (TPSA) is 12.9 Å². The van der Waals surface area contributed by atoms with Gasteiger partial charge in [0.2, 0.25) is 0 Å². The Labute approximate surface area is 79.7 Å². The molecule has 3 aromatic rings. The van der Waals surface area contributed by atoms with Gasteiger partial charge in [-0.1, -0.05) is 18.2 Å². The van der Waals surface area contributed by atoms with Gasteiger partial charge in [-0.25, -0.2) is 0 Å². The first-order valence-electron chi connectivity index (χ1n) is 4.09. The fourth-order valence-corrected chi connectivity index (χ4v) is 2.51. The highest BCUT2D eigenvalue weighted by atomic mass is 32.1. The van der Waals surface area contributed by atoms with E-state index in [2.05, 4.69) is 29.2 Å². The second-order valence-electron chi connectivity index (χ2n) is 2.87. The third kappa shape index (κ3) is 0.956. The van der Waals surface area contributed by atoms with Crippen LogP contribution >= 0.6 is 11.3 Å². The lowest BCUT2D eigenvalue weighted by atomic mass is 10.2. The molecule has 0 N–H and O–H groups in total. The van der Waals surface area contributed by atoms with Crippen molar-refractivity contribution in [3.8, 4) is 0 Å². The summed E-state index contributed by atoms with van der Waals surface area (Å²) in [6.45, 7) is 0. The second kappa shape index (κ2) is 2.54. The zero-order chi connectivity index (χ0) is 8.67. The first kappa shape index (κ1) is 7.04. The van der Waals surface area contributed by atoms with Gasteiger partial charge in [0.05, 0.1) is 10.2 Å². The molecule has 1 radical (unpaired) electrons. The van der Waals surface area contributed by atoms with Crippen molar-refractivity contribution in [3.63, 3.8) is 0 Å². The Bertz CT molecular complexity index is 518. The molecule has 0 fully saturated rings. The van der Waals surface area contributed by atoms with Crippen LogP contribution in [0.25, 0.3) is 20.3 Å². The zero-order valence-electron chi connectivity index (χ0n) is 6.82. The number of nitrogens with zero attached hydrogens (tertiary/aromatic N) is 1. The van der Waals surface area contributed by atoms with Gasteiger partial charge >= 0.3 is 0 Å². The quantitative estimate of drug-likeness (QED) is 0.522. The summed E-state index contributed by atoms with van der Waals surface area (Å²) in [5.41, 5.74) is 1.07. The van der Waals surface area contributed by atoms with E-state index in [-0.39, 0.29) is 0 Å². The van der Waals surface area contributed by atoms with E-state index in [9.17, 15) is 0 Å². The van der Waals surface area contributed by atoms with Gasteiger partial charge in [-0.2, -0.15) is 0 Å². The SMILES string of the molecule is [c]1ccnc2c1sc1ccccc12. The summed E-state index contributed by atoms with van der Waals surface area (Å²) in [7, 11) is 0. The monoisotopic (exact) mass is 184 g/mol. The van der Waals surface area contributed by atoms with E-state index in [1.54, 1.807) is 17.5 Å². The Kier molecular flexibility index (Phi) is 1.37. The van der Waals surface area contributed by atoms with Crippen LogP contribution in [0.2, 0.25) is 0 Å². The zero-order valence-corrected chi connectivity index (χ0v) is 7.64. The molecule has 0 atom stereocenters. The number of fused-ring (bicyclic) bond motifs is 3. The van der Waals surface area contributed by atoms with E-state index >= 15 is 0 Å². The molecule has 0 spiro atoms. The Morgan fingerprint density at radius 3 is 3.15 bits per heavy atom. The van der Waals surface area contributed by atoms with Crippen LogP contribution < -0.4 is 0 Å². The van der Waals surface area contributed by atoms with Gasteiger partial charge in [-0.15, -0.1) is 11.3 Å². The normalized spacial score (nSPS) is 11.1. The first-order chi connectivity index (χ1) is 6.45. The van der Waals surface area contributed by atoms with E-state index < -0.39 is 0 Å². The minimum atomic E-state index is 1.07. The van der Waals surface area contributed by atoms with Crippen LogP contribution in [0.4, 0.5) is 0 Å². The lowest BCUT2D eigenvalue weighted by Crippen LogP contribution is -1.70. The van der Waals surface area contributed by atoms with E-state index in [1.165, 1.54) is 10.1 Å². The highest BCUT2D eigenvalue weighted by Gasteiger charge is 2.03. The number of benzene rings is 1. The Morgan fingerprint density at radius 1 is 1.23 bits per heavy atom. The Balaban J connectivity index is 2.64. The summed E-state index contributed by atoms with van der Waals surface area (Å²) in [5.74, 6) is 0. The fourth-order valence-electron chi connectivity index (χ4n) is 1.48. The Morgan fingerprint density at radius 2 is 2.15 bits per heavy atom. The average Bonchev–Trinajstić information content (AvgIpc) is 2.56. The van der Waals surface area contributed by atoms with Crippen molar-refractivity contribution < 1.29 is 0 Å². The standard InChI is InChI=1S/C11H6NS/c1-2-5-9-8(4-1)11-10(13-9)6-3-7-12-11/h1-5,7H. The van der Waals surface area contributed by atoms with Crippen molar-refractivity contribution in [1.82, 2.24) is 4.98 Å². The van der Waals surface area contributed by atoms with Crippen LogP contribution in [-0.2, 0) is 0 Å². The average molecular weight is 184 g/mol. The largest absolute Gasteiger partial charge is 0.255 e. The maximum atomic E-state index is 4.35. The van der Waals surface area contributed by atoms with Crippen LogP contribution in [-0.4, -0.2) is 4.98 Å². The third-order valence-electron chi connectivity index (χ3n) is 2.06. The molecule has 3 rings (SSSR count). The van der Waals surface area contributed by atoms with Gasteiger partial charge in [0, 0.05) is 22.3 Å². The van der Waals surface area contributed by atoms with E-state index in [1.807, 2.05) is 12.1 Å². The molecule has 1 aromatic carbocycles. The molecule has 0 amide bonds. The second-order valence-corrected chi connectivity index (χ2v) is 3.92. The van der Waals surface area contributed by atoms with Gasteiger partial charge in [-0.05, 0) is 12.1 Å². The minimum Gasteiger partial charge on any atom is -0.255 e. The van der Waals surface area contributed by atoms with Crippen molar-refractivity contribution in [2.45, 2.75) is 0 Å². The molecule has 13 heavy (non-hydrogen) atoms. The molecule has 2 aromatic heterocycles. The number of pyridine rings is 1. The number of hydrogen-bond acceptors (Lipinski definition) is 2. The maximum Gasteiger partial charge on any atom is 0.0894 e. The first-order valence-corrected chi connectivity index (χ1v) is 4.91. The maximum absolute atomic E-state index is 4.35. The molecular weight excluding hydrogens is 178 g/mol. The predicted octanol–water partition coefficient (Wildman–Crippen LogP) is 3.25. The number of thiophene rings is 1. The van der Waals surface area contributed by atoms with Crippen LogP contribution in [0, 0.1) is 6.07 Å². The van der Waals surface area contributed by atoms with Crippen molar-refractivity contribution >= 4 is 31.6 Å². The van der Waals surface area contributed by atoms with Gasteiger partial charge in [-0.3, -0.25) is 4.98 Å². The van der Waals surface area contributed by atoms with E-state index in [0.29, 0.717) is 0 Å². The van der Waals surface area contributed by atoms with Crippen molar-refractivity contribution in [3.05, 3.63) is 42.6 Å². The third-order valence-corrected chi connectivity index (χ3v) is 3.15. The van der Waals surface area contributed by atoms with Crippen LogP contribution in [0.3, 0.4) is 0 Å². The number of rotatable bonds is 0. The molecule has 0 unspecified atom stereocenters. The Hall–Kier alpha value is -1.41. The summed E-state index contributed by atoms with van der Waals surface area (Å²) >= 11 is 1.74. The summed E-state index contributed by atoms with van der Waals surface area (Å²) in [6.07, 6.45) is 1.79. The summed E-state index contributed by atoms with van der Waals surface area (Å²) in [5, 5.41) is 1.24. The summed E-state index contributed by atoms with van der Waals surface area (Å²) < 4.78 is 2.43. The molecule has 0 saturated heterocycles. The number of hydrogen-bond donors (Lipinski definition) is 0. The van der Waals surface area contributed by atoms with Crippen molar-refractivity contribution in [2.75, 3.05) is 0 Å².